The fourth-order valence-electron chi connectivity index (χ4n) is 4.86. The summed E-state index contributed by atoms with van der Waals surface area (Å²) >= 11 is 1.37. The number of ketones is 1. The number of Topliss-reactive ketones (excluding diaryl/α,β-unsaturated/α-hetero) is 1. The zero-order valence-corrected chi connectivity index (χ0v) is 28.3. The van der Waals surface area contributed by atoms with E-state index < -0.39 is 29.9 Å². The summed E-state index contributed by atoms with van der Waals surface area (Å²) in [5.74, 6) is -1.48. The zero-order chi connectivity index (χ0) is 34.1. The first kappa shape index (κ1) is 35.2. The summed E-state index contributed by atoms with van der Waals surface area (Å²) in [5.41, 5.74) is 3.86. The summed E-state index contributed by atoms with van der Waals surface area (Å²) < 4.78 is 0. The number of hydrogen-bond donors (Lipinski definition) is 3. The quantitative estimate of drug-likeness (QED) is 0.0997. The van der Waals surface area contributed by atoms with Gasteiger partial charge in [-0.05, 0) is 42.0 Å². The molecule has 2 aromatic carbocycles. The molecule has 2 aromatic heterocycles. The van der Waals surface area contributed by atoms with Gasteiger partial charge in [0.05, 0.1) is 4.88 Å². The van der Waals surface area contributed by atoms with Crippen molar-refractivity contribution < 1.29 is 24.3 Å². The van der Waals surface area contributed by atoms with Gasteiger partial charge in [0.2, 0.25) is 5.91 Å². The van der Waals surface area contributed by atoms with Crippen LogP contribution in [0.1, 0.15) is 90.8 Å². The predicted molar refractivity (Wildman–Crippen MR) is 185 cm³/mol. The van der Waals surface area contributed by atoms with E-state index in [1.165, 1.54) is 18.3 Å². The molecular weight excluding hydrogens is 612 g/mol. The van der Waals surface area contributed by atoms with Gasteiger partial charge in [0.1, 0.15) is 12.1 Å². The molecule has 0 saturated carbocycles. The number of carbonyl (C=O) groups is 4. The third-order valence-corrected chi connectivity index (χ3v) is 9.28. The van der Waals surface area contributed by atoms with Gasteiger partial charge < -0.3 is 15.7 Å². The molecule has 10 heteroatoms. The molecule has 9 nitrogen and oxygen atoms in total. The molecule has 47 heavy (non-hydrogen) atoms. The first-order valence-corrected chi connectivity index (χ1v) is 16.7. The number of rotatable bonds is 14. The zero-order valence-electron chi connectivity index (χ0n) is 27.5. The highest BCUT2D eigenvalue weighted by atomic mass is 32.1. The first-order chi connectivity index (χ1) is 22.3. The van der Waals surface area contributed by atoms with Gasteiger partial charge in [0.15, 0.2) is 11.6 Å². The van der Waals surface area contributed by atoms with Crippen LogP contribution >= 0.6 is 11.3 Å². The molecular formula is C37H42N4O5S. The van der Waals surface area contributed by atoms with Gasteiger partial charge >= 0.3 is 5.97 Å². The number of carboxylic acid groups (broad SMARTS) is 1. The Bertz CT molecular complexity index is 1690. The van der Waals surface area contributed by atoms with E-state index in [1.807, 2.05) is 54.6 Å². The summed E-state index contributed by atoms with van der Waals surface area (Å²) in [6.07, 6.45) is 7.22. The maximum atomic E-state index is 13.1. The van der Waals surface area contributed by atoms with Gasteiger partial charge in [-0.1, -0.05) is 89.1 Å². The van der Waals surface area contributed by atoms with Crippen LogP contribution in [-0.2, 0) is 21.4 Å². The van der Waals surface area contributed by atoms with Crippen LogP contribution in [-0.4, -0.2) is 50.7 Å². The Labute approximate surface area is 279 Å². The minimum atomic E-state index is -1.17. The number of carbonyl (C=O) groups excluding carboxylic acids is 3. The minimum absolute atomic E-state index is 0.122. The van der Waals surface area contributed by atoms with Gasteiger partial charge in [0, 0.05) is 46.8 Å². The Morgan fingerprint density at radius 2 is 1.47 bits per heavy atom. The first-order valence-electron chi connectivity index (χ1n) is 15.8. The van der Waals surface area contributed by atoms with Crippen molar-refractivity contribution in [3.8, 4) is 22.5 Å². The van der Waals surface area contributed by atoms with E-state index in [2.05, 4.69) is 48.3 Å². The van der Waals surface area contributed by atoms with Crippen molar-refractivity contribution in [1.82, 2.24) is 20.6 Å². The van der Waals surface area contributed by atoms with E-state index in [1.54, 1.807) is 18.5 Å². The number of aliphatic carboxylic acids is 1. The van der Waals surface area contributed by atoms with Gasteiger partial charge in [-0.3, -0.25) is 19.2 Å². The van der Waals surface area contributed by atoms with Crippen molar-refractivity contribution in [3.63, 3.8) is 0 Å². The SMILES string of the molecule is CCCCCC(=O)c1ccc(-c2cnc(-c3ccc(CC(NC(=O)c4ccc(C(C)(C)C)s4)C(=O)NC(C)C(=O)O)cc3)nc2)cc1. The molecule has 0 fully saturated rings. The number of hydrogen-bond acceptors (Lipinski definition) is 7. The van der Waals surface area contributed by atoms with Crippen LogP contribution in [0.25, 0.3) is 22.5 Å². The van der Waals surface area contributed by atoms with Crippen molar-refractivity contribution in [2.45, 2.75) is 84.2 Å². The van der Waals surface area contributed by atoms with Gasteiger partial charge in [0.25, 0.3) is 5.91 Å². The summed E-state index contributed by atoms with van der Waals surface area (Å²) in [4.78, 5) is 60.6. The highest BCUT2D eigenvalue weighted by molar-refractivity contribution is 7.14. The monoisotopic (exact) mass is 654 g/mol. The van der Waals surface area contributed by atoms with Crippen molar-refractivity contribution in [2.75, 3.05) is 0 Å². The Kier molecular flexibility index (Phi) is 11.8. The van der Waals surface area contributed by atoms with Crippen molar-refractivity contribution in [3.05, 3.63) is 93.9 Å². The van der Waals surface area contributed by atoms with Crippen LogP contribution in [0.3, 0.4) is 0 Å². The normalized spacial score (nSPS) is 12.6. The molecule has 246 valence electrons. The molecule has 2 heterocycles. The third-order valence-electron chi connectivity index (χ3n) is 7.77. The summed E-state index contributed by atoms with van der Waals surface area (Å²) in [6, 6.07) is 16.4. The van der Waals surface area contributed by atoms with Crippen molar-refractivity contribution in [2.24, 2.45) is 0 Å². The van der Waals surface area contributed by atoms with Crippen LogP contribution in [0.2, 0.25) is 0 Å². The van der Waals surface area contributed by atoms with Crippen molar-refractivity contribution >= 4 is 34.9 Å². The number of aromatic nitrogens is 2. The topological polar surface area (TPSA) is 138 Å². The Morgan fingerprint density at radius 1 is 0.830 bits per heavy atom. The van der Waals surface area contributed by atoms with Crippen LogP contribution in [0.5, 0.6) is 0 Å². The lowest BCUT2D eigenvalue weighted by atomic mass is 9.95. The Balaban J connectivity index is 1.45. The molecule has 3 N–H and O–H groups in total. The number of thiophene rings is 1. The van der Waals surface area contributed by atoms with E-state index in [-0.39, 0.29) is 17.6 Å². The molecule has 0 spiro atoms. The number of amides is 2. The molecule has 0 aliphatic rings. The second kappa shape index (κ2) is 15.7. The van der Waals surface area contributed by atoms with Gasteiger partial charge in [-0.2, -0.15) is 0 Å². The summed E-state index contributed by atoms with van der Waals surface area (Å²) in [5, 5.41) is 14.6. The fourth-order valence-corrected chi connectivity index (χ4v) is 5.82. The highest BCUT2D eigenvalue weighted by Gasteiger charge is 2.26. The third kappa shape index (κ3) is 9.65. The highest BCUT2D eigenvalue weighted by Crippen LogP contribution is 2.29. The molecule has 0 aliphatic heterocycles. The summed E-state index contributed by atoms with van der Waals surface area (Å²) in [6.45, 7) is 9.68. The molecule has 0 saturated heterocycles. The van der Waals surface area contributed by atoms with Gasteiger partial charge in [-0.25, -0.2) is 9.97 Å². The number of nitrogens with zero attached hydrogens (tertiary/aromatic N) is 2. The maximum Gasteiger partial charge on any atom is 0.325 e. The maximum absolute atomic E-state index is 13.1. The molecule has 0 bridgehead atoms. The molecule has 4 aromatic rings. The van der Waals surface area contributed by atoms with E-state index in [0.717, 1.165) is 46.4 Å². The summed E-state index contributed by atoms with van der Waals surface area (Å²) in [7, 11) is 0. The molecule has 2 amide bonds. The molecule has 0 aliphatic carbocycles. The Morgan fingerprint density at radius 3 is 2.04 bits per heavy atom. The number of benzene rings is 2. The second-order valence-corrected chi connectivity index (χ2v) is 13.7. The molecule has 2 unspecified atom stereocenters. The lowest BCUT2D eigenvalue weighted by Crippen LogP contribution is -2.51. The lowest BCUT2D eigenvalue weighted by molar-refractivity contribution is -0.141. The average molecular weight is 655 g/mol. The molecule has 0 radical (unpaired) electrons. The molecule has 4 rings (SSSR count). The van der Waals surface area contributed by atoms with Crippen LogP contribution in [0, 0.1) is 0 Å². The van der Waals surface area contributed by atoms with E-state index in [9.17, 15) is 24.3 Å². The van der Waals surface area contributed by atoms with Gasteiger partial charge in [-0.15, -0.1) is 11.3 Å². The van der Waals surface area contributed by atoms with E-state index in [0.29, 0.717) is 22.7 Å². The smallest absolute Gasteiger partial charge is 0.325 e. The van der Waals surface area contributed by atoms with Crippen LogP contribution in [0.15, 0.2) is 73.1 Å². The van der Waals surface area contributed by atoms with Crippen molar-refractivity contribution in [1.29, 1.82) is 0 Å². The standard InChI is InChI=1S/C37H42N4O5S/c1-6-7-8-9-30(42)26-16-14-25(15-17-26)28-21-38-33(39-22-28)27-12-10-24(11-13-27)20-29(34(43)40-23(2)36(45)46)41-35(44)31-18-19-32(47-31)37(3,4)5/h10-19,21-23,29H,6-9,20H2,1-5H3,(H,40,43)(H,41,44)(H,45,46). The minimum Gasteiger partial charge on any atom is -0.480 e. The molecule has 2 atom stereocenters. The van der Waals surface area contributed by atoms with E-state index >= 15 is 0 Å². The average Bonchev–Trinajstić information content (AvgIpc) is 3.57. The number of carboxylic acids is 1. The van der Waals surface area contributed by atoms with Crippen LogP contribution in [0.4, 0.5) is 0 Å². The van der Waals surface area contributed by atoms with Crippen LogP contribution < -0.4 is 10.6 Å². The predicted octanol–water partition coefficient (Wildman–Crippen LogP) is 6.86. The van der Waals surface area contributed by atoms with E-state index in [4.69, 9.17) is 0 Å². The second-order valence-electron chi connectivity index (χ2n) is 12.7. The Hall–Kier alpha value is -4.70. The number of unbranched alkanes of at least 4 members (excludes halogenated alkanes) is 2. The lowest BCUT2D eigenvalue weighted by Gasteiger charge is -2.20. The largest absolute Gasteiger partial charge is 0.480 e. The number of nitrogens with one attached hydrogen (secondary N) is 2. The fraction of sp³-hybridized carbons (Fsp3) is 0.351.